The minimum Gasteiger partial charge on any atom is -0.316 e. The molecule has 0 saturated carbocycles. The Morgan fingerprint density at radius 2 is 1.24 bits per heavy atom. The molecule has 1 fully saturated rings. The second kappa shape index (κ2) is 9.51. The van der Waals surface area contributed by atoms with Crippen LogP contribution in [0.1, 0.15) is 60.7 Å². The summed E-state index contributed by atoms with van der Waals surface area (Å²) in [7, 11) is 0. The van der Waals surface area contributed by atoms with Crippen molar-refractivity contribution < 1.29 is 9.28 Å². The summed E-state index contributed by atoms with van der Waals surface area (Å²) in [6.07, 6.45) is 2.15. The second-order valence-electron chi connectivity index (χ2n) is 8.07. The lowest BCUT2D eigenvalue weighted by molar-refractivity contribution is -0.843. The average Bonchev–Trinajstić information content (AvgIpc) is 2.78. The highest BCUT2D eigenvalue weighted by molar-refractivity contribution is 5.90. The maximum Gasteiger partial charge on any atom is 0.345 e. The predicted molar refractivity (Wildman–Crippen MR) is 122 cm³/mol. The molecule has 1 heterocycles. The molecule has 1 saturated heterocycles. The minimum atomic E-state index is 0.232. The fourth-order valence-electron chi connectivity index (χ4n) is 4.43. The molecule has 0 spiro atoms. The van der Waals surface area contributed by atoms with Crippen molar-refractivity contribution in [2.24, 2.45) is 0 Å². The van der Waals surface area contributed by atoms with Gasteiger partial charge in [0.25, 0.3) is 0 Å². The summed E-state index contributed by atoms with van der Waals surface area (Å²) in [6, 6.07) is 17.2. The molecular formula is C26H35N2O+. The molecule has 3 heteroatoms. The van der Waals surface area contributed by atoms with Crippen LogP contribution in [0.4, 0.5) is 0 Å². The molecule has 1 aliphatic heterocycles. The Labute approximate surface area is 176 Å². The van der Waals surface area contributed by atoms with E-state index in [0.717, 1.165) is 51.1 Å². The van der Waals surface area contributed by atoms with Gasteiger partial charge in [-0.05, 0) is 82.5 Å². The van der Waals surface area contributed by atoms with E-state index in [1.165, 1.54) is 27.8 Å². The van der Waals surface area contributed by atoms with Crippen LogP contribution in [0.2, 0.25) is 0 Å². The first-order chi connectivity index (χ1) is 14.0. The number of quaternary nitrogens is 1. The van der Waals surface area contributed by atoms with Crippen LogP contribution in [-0.4, -0.2) is 43.1 Å². The number of hydrogen-bond donors (Lipinski definition) is 1. The lowest BCUT2D eigenvalue weighted by Crippen LogP contribution is -2.52. The Hall–Kier alpha value is -2.23. The molecule has 0 aliphatic carbocycles. The van der Waals surface area contributed by atoms with Gasteiger partial charge in [-0.15, -0.1) is 0 Å². The zero-order valence-electron chi connectivity index (χ0n) is 18.4. The lowest BCUT2D eigenvalue weighted by atomic mass is 9.88. The normalized spacial score (nSPS) is 14.7. The summed E-state index contributed by atoms with van der Waals surface area (Å²) in [4.78, 5) is 13.2. The predicted octanol–water partition coefficient (Wildman–Crippen LogP) is 5.20. The highest BCUT2D eigenvalue weighted by Crippen LogP contribution is 2.32. The first kappa shape index (κ1) is 21.5. The molecule has 1 N–H and O–H groups in total. The number of hydrogen-bond acceptors (Lipinski definition) is 2. The Bertz CT molecular complexity index is 842. The smallest absolute Gasteiger partial charge is 0.316 e. The van der Waals surface area contributed by atoms with Gasteiger partial charge in [-0.25, -0.2) is 4.79 Å². The molecule has 2 aromatic rings. The molecule has 0 bridgehead atoms. The van der Waals surface area contributed by atoms with E-state index >= 15 is 0 Å². The van der Waals surface area contributed by atoms with Gasteiger partial charge in [-0.2, -0.15) is 0 Å². The molecule has 1 aliphatic rings. The van der Waals surface area contributed by atoms with Crippen molar-refractivity contribution in [2.75, 3.05) is 32.7 Å². The zero-order valence-corrected chi connectivity index (χ0v) is 18.4. The molecule has 1 amide bonds. The molecule has 0 aromatic heterocycles. The number of benzene rings is 2. The quantitative estimate of drug-likeness (QED) is 0.686. The number of nitrogens with one attached hydrogen (secondary N) is 1. The van der Waals surface area contributed by atoms with Crippen molar-refractivity contribution in [2.45, 2.75) is 40.5 Å². The molecular weight excluding hydrogens is 356 g/mol. The summed E-state index contributed by atoms with van der Waals surface area (Å²) in [5.74, 6) is 0.232. The SMILES string of the molecule is CC[N+](CC)(CC)C(=O)c1ccc(C(=C2CCNCC2)c2ccc(C)cc2)cc1. The Balaban J connectivity index is 2.00. The summed E-state index contributed by atoms with van der Waals surface area (Å²) >= 11 is 0. The van der Waals surface area contributed by atoms with Crippen LogP contribution >= 0.6 is 0 Å². The van der Waals surface area contributed by atoms with Crippen molar-refractivity contribution in [1.82, 2.24) is 5.32 Å². The van der Waals surface area contributed by atoms with Crippen molar-refractivity contribution in [3.63, 3.8) is 0 Å². The van der Waals surface area contributed by atoms with E-state index in [2.05, 4.69) is 69.4 Å². The standard InChI is InChI=1S/C26H35N2O/c1-5-28(6-2,7-3)26(29)24-14-12-22(13-15-24)25(23-16-18-27-19-17-23)21-10-8-20(4)9-11-21/h8-15,27H,5-7,16-19H2,1-4H3/q+1. The Morgan fingerprint density at radius 3 is 1.72 bits per heavy atom. The van der Waals surface area contributed by atoms with Crippen molar-refractivity contribution >= 4 is 11.5 Å². The van der Waals surface area contributed by atoms with E-state index < -0.39 is 0 Å². The van der Waals surface area contributed by atoms with Gasteiger partial charge in [-0.3, -0.25) is 4.48 Å². The lowest BCUT2D eigenvalue weighted by Gasteiger charge is -2.32. The average molecular weight is 392 g/mol. The Morgan fingerprint density at radius 1 is 0.793 bits per heavy atom. The molecule has 0 atom stereocenters. The van der Waals surface area contributed by atoms with E-state index in [9.17, 15) is 4.79 Å². The van der Waals surface area contributed by atoms with Gasteiger partial charge in [0.1, 0.15) is 0 Å². The second-order valence-corrected chi connectivity index (χ2v) is 8.07. The highest BCUT2D eigenvalue weighted by Gasteiger charge is 2.32. The number of nitrogens with zero attached hydrogens (tertiary/aromatic N) is 1. The van der Waals surface area contributed by atoms with Gasteiger partial charge in [0.2, 0.25) is 0 Å². The van der Waals surface area contributed by atoms with Gasteiger partial charge >= 0.3 is 5.91 Å². The third-order valence-corrected chi connectivity index (χ3v) is 6.57. The molecule has 154 valence electrons. The number of piperidine rings is 1. The summed E-state index contributed by atoms with van der Waals surface area (Å²) < 4.78 is 0.511. The van der Waals surface area contributed by atoms with E-state index in [1.807, 2.05) is 12.1 Å². The largest absolute Gasteiger partial charge is 0.345 e. The first-order valence-corrected chi connectivity index (χ1v) is 11.1. The summed E-state index contributed by atoms with van der Waals surface area (Å²) in [5, 5.41) is 3.46. The zero-order chi connectivity index (χ0) is 20.9. The topological polar surface area (TPSA) is 29.1 Å². The van der Waals surface area contributed by atoms with Gasteiger partial charge < -0.3 is 5.32 Å². The number of carbonyl (C=O) groups excluding carboxylic acids is 1. The summed E-state index contributed by atoms with van der Waals surface area (Å²) in [6.45, 7) is 13.0. The molecule has 3 rings (SSSR count). The van der Waals surface area contributed by atoms with Crippen LogP contribution in [0.5, 0.6) is 0 Å². The third kappa shape index (κ3) is 4.52. The van der Waals surface area contributed by atoms with E-state index in [1.54, 1.807) is 0 Å². The van der Waals surface area contributed by atoms with Crippen LogP contribution in [0.15, 0.2) is 54.1 Å². The molecule has 0 unspecified atom stereocenters. The minimum absolute atomic E-state index is 0.232. The highest BCUT2D eigenvalue weighted by atomic mass is 16.2. The maximum atomic E-state index is 13.2. The van der Waals surface area contributed by atoms with Gasteiger partial charge in [0.05, 0.1) is 25.2 Å². The van der Waals surface area contributed by atoms with Crippen LogP contribution < -0.4 is 5.32 Å². The van der Waals surface area contributed by atoms with Crippen LogP contribution in [0.3, 0.4) is 0 Å². The van der Waals surface area contributed by atoms with Crippen molar-refractivity contribution in [3.05, 3.63) is 76.4 Å². The van der Waals surface area contributed by atoms with Gasteiger partial charge in [0.15, 0.2) is 0 Å². The number of amides is 1. The fourth-order valence-corrected chi connectivity index (χ4v) is 4.43. The maximum absolute atomic E-state index is 13.2. The van der Waals surface area contributed by atoms with Crippen LogP contribution in [0, 0.1) is 6.92 Å². The molecule has 2 aromatic carbocycles. The first-order valence-electron chi connectivity index (χ1n) is 11.1. The fraction of sp³-hybridized carbons (Fsp3) is 0.423. The van der Waals surface area contributed by atoms with E-state index in [-0.39, 0.29) is 5.91 Å². The van der Waals surface area contributed by atoms with E-state index in [4.69, 9.17) is 0 Å². The molecule has 0 radical (unpaired) electrons. The van der Waals surface area contributed by atoms with Gasteiger partial charge in [-0.1, -0.05) is 47.5 Å². The molecule has 29 heavy (non-hydrogen) atoms. The molecule has 3 nitrogen and oxygen atoms in total. The summed E-state index contributed by atoms with van der Waals surface area (Å²) in [5.41, 5.74) is 7.42. The van der Waals surface area contributed by atoms with Crippen molar-refractivity contribution in [3.8, 4) is 0 Å². The van der Waals surface area contributed by atoms with Crippen LogP contribution in [-0.2, 0) is 0 Å². The van der Waals surface area contributed by atoms with Gasteiger partial charge in [0, 0.05) is 0 Å². The van der Waals surface area contributed by atoms with Crippen LogP contribution in [0.25, 0.3) is 5.57 Å². The number of aryl methyl sites for hydroxylation is 1. The van der Waals surface area contributed by atoms with E-state index in [0.29, 0.717) is 4.48 Å². The Kier molecular flexibility index (Phi) is 7.05. The van der Waals surface area contributed by atoms with Crippen molar-refractivity contribution in [1.29, 1.82) is 0 Å². The monoisotopic (exact) mass is 391 g/mol. The number of carbonyl (C=O) groups is 1. The number of rotatable bonds is 6. The third-order valence-electron chi connectivity index (χ3n) is 6.57.